The van der Waals surface area contributed by atoms with E-state index in [-0.39, 0.29) is 5.92 Å². The van der Waals surface area contributed by atoms with E-state index >= 15 is 0 Å². The van der Waals surface area contributed by atoms with Gasteiger partial charge >= 0.3 is 0 Å². The van der Waals surface area contributed by atoms with Crippen molar-refractivity contribution >= 4 is 5.78 Å². The molecule has 1 saturated carbocycles. The van der Waals surface area contributed by atoms with Gasteiger partial charge < -0.3 is 0 Å². The molecule has 0 radical (unpaired) electrons. The lowest BCUT2D eigenvalue weighted by atomic mass is 9.83. The van der Waals surface area contributed by atoms with E-state index in [4.69, 9.17) is 0 Å². The average molecular weight is 138 g/mol. The van der Waals surface area contributed by atoms with Gasteiger partial charge in [0.25, 0.3) is 0 Å². The van der Waals surface area contributed by atoms with Gasteiger partial charge in [-0.3, -0.25) is 4.79 Å². The summed E-state index contributed by atoms with van der Waals surface area (Å²) in [6, 6.07) is 0. The van der Waals surface area contributed by atoms with Crippen LogP contribution in [0.2, 0.25) is 0 Å². The molecular formula is C9H14O. The van der Waals surface area contributed by atoms with Gasteiger partial charge in [-0.1, -0.05) is 18.6 Å². The van der Waals surface area contributed by atoms with Crippen LogP contribution in [-0.2, 0) is 4.79 Å². The van der Waals surface area contributed by atoms with E-state index in [1.54, 1.807) is 6.92 Å². The SMILES string of the molecule is C=C1CCCCC1C(C)=O. The first kappa shape index (κ1) is 7.52. The van der Waals surface area contributed by atoms with Crippen LogP contribution < -0.4 is 0 Å². The molecule has 1 fully saturated rings. The third kappa shape index (κ3) is 1.47. The predicted molar refractivity (Wildman–Crippen MR) is 41.8 cm³/mol. The van der Waals surface area contributed by atoms with Crippen molar-refractivity contribution in [3.05, 3.63) is 12.2 Å². The third-order valence-corrected chi connectivity index (χ3v) is 2.22. The summed E-state index contributed by atoms with van der Waals surface area (Å²) in [6.07, 6.45) is 4.52. The van der Waals surface area contributed by atoms with Gasteiger partial charge in [-0.25, -0.2) is 0 Å². The smallest absolute Gasteiger partial charge is 0.136 e. The lowest BCUT2D eigenvalue weighted by molar-refractivity contribution is -0.120. The van der Waals surface area contributed by atoms with E-state index in [0.717, 1.165) is 18.4 Å². The summed E-state index contributed by atoms with van der Waals surface area (Å²) in [7, 11) is 0. The zero-order valence-corrected chi connectivity index (χ0v) is 6.52. The van der Waals surface area contributed by atoms with E-state index < -0.39 is 0 Å². The number of rotatable bonds is 1. The van der Waals surface area contributed by atoms with Crippen molar-refractivity contribution in [3.8, 4) is 0 Å². The molecule has 10 heavy (non-hydrogen) atoms. The lowest BCUT2D eigenvalue weighted by Crippen LogP contribution is -2.16. The zero-order valence-electron chi connectivity index (χ0n) is 6.52. The molecule has 1 unspecified atom stereocenters. The Bertz CT molecular complexity index is 158. The van der Waals surface area contributed by atoms with Gasteiger partial charge in [-0.05, 0) is 26.2 Å². The van der Waals surface area contributed by atoms with Crippen molar-refractivity contribution in [3.63, 3.8) is 0 Å². The largest absolute Gasteiger partial charge is 0.299 e. The molecule has 1 aliphatic carbocycles. The van der Waals surface area contributed by atoms with E-state index in [0.29, 0.717) is 5.78 Å². The van der Waals surface area contributed by atoms with Crippen molar-refractivity contribution in [2.45, 2.75) is 32.6 Å². The summed E-state index contributed by atoms with van der Waals surface area (Å²) in [4.78, 5) is 10.9. The van der Waals surface area contributed by atoms with Gasteiger partial charge in [-0.2, -0.15) is 0 Å². The first-order valence-corrected chi connectivity index (χ1v) is 3.90. The van der Waals surface area contributed by atoms with Crippen LogP contribution in [0.15, 0.2) is 12.2 Å². The fourth-order valence-corrected chi connectivity index (χ4v) is 1.57. The second-order valence-corrected chi connectivity index (χ2v) is 3.07. The fraction of sp³-hybridized carbons (Fsp3) is 0.667. The minimum Gasteiger partial charge on any atom is -0.299 e. The van der Waals surface area contributed by atoms with Gasteiger partial charge in [0.2, 0.25) is 0 Å². The topological polar surface area (TPSA) is 17.1 Å². The zero-order chi connectivity index (χ0) is 7.56. The molecule has 0 amide bonds. The van der Waals surface area contributed by atoms with Crippen molar-refractivity contribution in [2.24, 2.45) is 5.92 Å². The van der Waals surface area contributed by atoms with Crippen molar-refractivity contribution < 1.29 is 4.79 Å². The Morgan fingerprint density at radius 1 is 1.60 bits per heavy atom. The molecule has 0 aromatic rings. The van der Waals surface area contributed by atoms with Crippen molar-refractivity contribution in [1.82, 2.24) is 0 Å². The molecule has 1 nitrogen and oxygen atoms in total. The van der Waals surface area contributed by atoms with E-state index in [9.17, 15) is 4.79 Å². The minimum absolute atomic E-state index is 0.189. The highest BCUT2D eigenvalue weighted by Crippen LogP contribution is 2.28. The standard InChI is InChI=1S/C9H14O/c1-7-5-3-4-6-9(7)8(2)10/h9H,1,3-6H2,2H3. The van der Waals surface area contributed by atoms with Gasteiger partial charge in [0.05, 0.1) is 0 Å². The van der Waals surface area contributed by atoms with Crippen LogP contribution in [0.5, 0.6) is 0 Å². The van der Waals surface area contributed by atoms with Crippen molar-refractivity contribution in [1.29, 1.82) is 0 Å². The molecule has 56 valence electrons. The third-order valence-electron chi connectivity index (χ3n) is 2.22. The first-order valence-electron chi connectivity index (χ1n) is 3.90. The Labute approximate surface area is 62.1 Å². The maximum atomic E-state index is 10.9. The van der Waals surface area contributed by atoms with Crippen LogP contribution >= 0.6 is 0 Å². The quantitative estimate of drug-likeness (QED) is 0.508. The summed E-state index contributed by atoms with van der Waals surface area (Å²) >= 11 is 0. The predicted octanol–water partition coefficient (Wildman–Crippen LogP) is 2.32. The molecule has 0 aromatic carbocycles. The Hall–Kier alpha value is -0.590. The number of carbonyl (C=O) groups excluding carboxylic acids is 1. The normalized spacial score (nSPS) is 26.5. The summed E-state index contributed by atoms with van der Waals surface area (Å²) in [5, 5.41) is 0. The number of Topliss-reactive ketones (excluding diaryl/α,β-unsaturated/α-hetero) is 1. The maximum absolute atomic E-state index is 10.9. The van der Waals surface area contributed by atoms with Crippen LogP contribution in [-0.4, -0.2) is 5.78 Å². The van der Waals surface area contributed by atoms with Crippen LogP contribution in [0.25, 0.3) is 0 Å². The molecular weight excluding hydrogens is 124 g/mol. The second kappa shape index (κ2) is 3.00. The molecule has 1 rings (SSSR count). The number of ketones is 1. The molecule has 0 N–H and O–H groups in total. The van der Waals surface area contributed by atoms with Gasteiger partial charge in [-0.15, -0.1) is 0 Å². The van der Waals surface area contributed by atoms with Crippen LogP contribution in [0.3, 0.4) is 0 Å². The number of hydrogen-bond acceptors (Lipinski definition) is 1. The summed E-state index contributed by atoms with van der Waals surface area (Å²) in [5.41, 5.74) is 1.15. The van der Waals surface area contributed by atoms with Crippen molar-refractivity contribution in [2.75, 3.05) is 0 Å². The molecule has 0 spiro atoms. The van der Waals surface area contributed by atoms with Gasteiger partial charge in [0, 0.05) is 5.92 Å². The lowest BCUT2D eigenvalue weighted by Gasteiger charge is -2.21. The van der Waals surface area contributed by atoms with Gasteiger partial charge in [0.1, 0.15) is 5.78 Å². The van der Waals surface area contributed by atoms with E-state index in [2.05, 4.69) is 6.58 Å². The molecule has 1 aliphatic rings. The highest BCUT2D eigenvalue weighted by Gasteiger charge is 2.20. The number of hydrogen-bond donors (Lipinski definition) is 0. The van der Waals surface area contributed by atoms with Crippen LogP contribution in [0.4, 0.5) is 0 Å². The van der Waals surface area contributed by atoms with Gasteiger partial charge in [0.15, 0.2) is 0 Å². The van der Waals surface area contributed by atoms with E-state index in [1.165, 1.54) is 12.8 Å². The Kier molecular flexibility index (Phi) is 2.25. The molecule has 0 aromatic heterocycles. The molecule has 0 saturated heterocycles. The molecule has 0 aliphatic heterocycles. The summed E-state index contributed by atoms with van der Waals surface area (Å²) < 4.78 is 0. The Balaban J connectivity index is 2.56. The Morgan fingerprint density at radius 3 is 2.70 bits per heavy atom. The molecule has 1 atom stereocenters. The highest BCUT2D eigenvalue weighted by molar-refractivity contribution is 5.81. The minimum atomic E-state index is 0.189. The Morgan fingerprint density at radius 2 is 2.30 bits per heavy atom. The number of allylic oxidation sites excluding steroid dienone is 1. The average Bonchev–Trinajstić information content (AvgIpc) is 1.88. The number of carbonyl (C=O) groups is 1. The molecule has 0 heterocycles. The highest BCUT2D eigenvalue weighted by atomic mass is 16.1. The maximum Gasteiger partial charge on any atom is 0.136 e. The molecule has 0 bridgehead atoms. The second-order valence-electron chi connectivity index (χ2n) is 3.07. The fourth-order valence-electron chi connectivity index (χ4n) is 1.57. The van der Waals surface area contributed by atoms with E-state index in [1.807, 2.05) is 0 Å². The monoisotopic (exact) mass is 138 g/mol. The first-order chi connectivity index (χ1) is 4.72. The molecule has 1 heteroatoms. The summed E-state index contributed by atoms with van der Waals surface area (Å²) in [6.45, 7) is 5.56. The van der Waals surface area contributed by atoms with Crippen LogP contribution in [0, 0.1) is 5.92 Å². The summed E-state index contributed by atoms with van der Waals surface area (Å²) in [5.74, 6) is 0.485. The van der Waals surface area contributed by atoms with Crippen LogP contribution in [0.1, 0.15) is 32.6 Å².